The summed E-state index contributed by atoms with van der Waals surface area (Å²) in [4.78, 5) is 12.3. The maximum absolute atomic E-state index is 12.4. The summed E-state index contributed by atoms with van der Waals surface area (Å²) in [7, 11) is -2.56. The maximum atomic E-state index is 12.4. The lowest BCUT2D eigenvalue weighted by Crippen LogP contribution is -2.52. The molecule has 0 heterocycles. The Morgan fingerprint density at radius 2 is 1.96 bits per heavy atom. The van der Waals surface area contributed by atoms with Gasteiger partial charge in [0, 0.05) is 6.04 Å². The normalized spacial score (nSPS) is 22.6. The first-order chi connectivity index (χ1) is 12.6. The monoisotopic (exact) mass is 414 g/mol. The van der Waals surface area contributed by atoms with E-state index < -0.39 is 15.9 Å². The third kappa shape index (κ3) is 5.53. The zero-order chi connectivity index (χ0) is 20.2. The van der Waals surface area contributed by atoms with Crippen LogP contribution in [0.15, 0.2) is 23.1 Å². The van der Waals surface area contributed by atoms with E-state index in [0.29, 0.717) is 16.9 Å². The molecule has 1 aromatic rings. The fraction of sp³-hybridized carbons (Fsp3) is 0.529. The van der Waals surface area contributed by atoms with E-state index in [-0.39, 0.29) is 22.3 Å². The van der Waals surface area contributed by atoms with Gasteiger partial charge in [-0.05, 0) is 48.7 Å². The van der Waals surface area contributed by atoms with E-state index in [0.717, 1.165) is 18.9 Å². The number of hydrazine groups is 1. The fourth-order valence-corrected chi connectivity index (χ4v) is 3.95. The molecule has 2 rings (SSSR count). The highest BCUT2D eigenvalue weighted by Gasteiger charge is 2.27. The highest BCUT2D eigenvalue weighted by Crippen LogP contribution is 2.29. The summed E-state index contributed by atoms with van der Waals surface area (Å²) in [6, 6.07) is 4.05. The first-order valence-corrected chi connectivity index (χ1v) is 10.7. The van der Waals surface area contributed by atoms with Gasteiger partial charge in [0.1, 0.15) is 5.75 Å². The van der Waals surface area contributed by atoms with Crippen molar-refractivity contribution in [2.45, 2.75) is 44.0 Å². The minimum absolute atomic E-state index is 0.0268. The van der Waals surface area contributed by atoms with Crippen LogP contribution in [0.3, 0.4) is 0 Å². The molecule has 1 amide bonds. The second-order valence-corrected chi connectivity index (χ2v) is 8.80. The smallest absolute Gasteiger partial charge is 0.273 e. The van der Waals surface area contributed by atoms with Gasteiger partial charge in [0.05, 0.1) is 17.6 Å². The van der Waals surface area contributed by atoms with Crippen molar-refractivity contribution in [1.82, 2.24) is 16.2 Å². The third-order valence-corrected chi connectivity index (χ3v) is 6.19. The molecule has 0 bridgehead atoms. The van der Waals surface area contributed by atoms with Crippen LogP contribution in [0.2, 0.25) is 0 Å². The van der Waals surface area contributed by atoms with E-state index in [1.54, 1.807) is 0 Å². The van der Waals surface area contributed by atoms with Crippen LogP contribution in [-0.4, -0.2) is 32.6 Å². The second kappa shape index (κ2) is 8.85. The van der Waals surface area contributed by atoms with E-state index in [2.05, 4.69) is 30.0 Å². The van der Waals surface area contributed by atoms with Crippen LogP contribution in [0.5, 0.6) is 5.75 Å². The lowest BCUT2D eigenvalue weighted by Gasteiger charge is -2.35. The first-order valence-electron chi connectivity index (χ1n) is 8.71. The van der Waals surface area contributed by atoms with Crippen molar-refractivity contribution >= 4 is 33.3 Å². The van der Waals surface area contributed by atoms with Crippen molar-refractivity contribution in [1.29, 1.82) is 0 Å². The number of thiocarbonyl (C=S) groups is 1. The van der Waals surface area contributed by atoms with Crippen LogP contribution < -0.4 is 26.0 Å². The Morgan fingerprint density at radius 1 is 1.26 bits per heavy atom. The lowest BCUT2D eigenvalue weighted by molar-refractivity contribution is 0.0940. The van der Waals surface area contributed by atoms with E-state index >= 15 is 0 Å². The molecule has 27 heavy (non-hydrogen) atoms. The van der Waals surface area contributed by atoms with E-state index in [1.807, 2.05) is 0 Å². The predicted octanol–water partition coefficient (Wildman–Crippen LogP) is 1.28. The van der Waals surface area contributed by atoms with Gasteiger partial charge < -0.3 is 10.1 Å². The molecular weight excluding hydrogens is 388 g/mol. The molecule has 0 saturated heterocycles. The molecule has 5 N–H and O–H groups in total. The average molecular weight is 415 g/mol. The van der Waals surface area contributed by atoms with E-state index in [9.17, 15) is 13.2 Å². The van der Waals surface area contributed by atoms with Crippen molar-refractivity contribution in [3.05, 3.63) is 23.8 Å². The molecule has 1 aliphatic carbocycles. The number of sulfonamides is 1. The summed E-state index contributed by atoms with van der Waals surface area (Å²) >= 11 is 5.26. The number of nitrogens with one attached hydrogen (secondary N) is 3. The molecule has 0 radical (unpaired) electrons. The Balaban J connectivity index is 2.01. The molecule has 0 spiro atoms. The minimum Gasteiger partial charge on any atom is -0.496 e. The predicted molar refractivity (Wildman–Crippen MR) is 107 cm³/mol. The molecule has 8 nitrogen and oxygen atoms in total. The number of carbonyl (C=O) groups excluding carboxylic acids is 1. The number of rotatable bonds is 4. The molecular formula is C17H26N4O4S2. The van der Waals surface area contributed by atoms with Crippen molar-refractivity contribution in [3.63, 3.8) is 0 Å². The molecule has 0 aliphatic heterocycles. The van der Waals surface area contributed by atoms with Crippen molar-refractivity contribution in [2.75, 3.05) is 7.11 Å². The summed E-state index contributed by atoms with van der Waals surface area (Å²) in [5, 5.41) is 8.65. The summed E-state index contributed by atoms with van der Waals surface area (Å²) in [6.07, 6.45) is 3.36. The number of carbonyl (C=O) groups is 1. The molecule has 0 aromatic heterocycles. The summed E-state index contributed by atoms with van der Waals surface area (Å²) in [5.41, 5.74) is 5.14. The molecule has 10 heteroatoms. The molecule has 1 aromatic carbocycles. The largest absolute Gasteiger partial charge is 0.496 e. The zero-order valence-corrected chi connectivity index (χ0v) is 17.2. The number of hydrogen-bond donors (Lipinski definition) is 4. The molecule has 3 atom stereocenters. The molecule has 150 valence electrons. The Labute approximate surface area is 165 Å². The Hall–Kier alpha value is -1.91. The van der Waals surface area contributed by atoms with Crippen molar-refractivity contribution in [2.24, 2.45) is 17.0 Å². The highest BCUT2D eigenvalue weighted by molar-refractivity contribution is 7.89. The topological polar surface area (TPSA) is 123 Å². The third-order valence-electron chi connectivity index (χ3n) is 5.06. The minimum atomic E-state index is -3.94. The Bertz CT molecular complexity index is 813. The number of benzene rings is 1. The zero-order valence-electron chi connectivity index (χ0n) is 15.6. The van der Waals surface area contributed by atoms with E-state index in [1.165, 1.54) is 25.7 Å². The second-order valence-electron chi connectivity index (χ2n) is 6.83. The van der Waals surface area contributed by atoms with Crippen LogP contribution in [-0.2, 0) is 10.0 Å². The summed E-state index contributed by atoms with van der Waals surface area (Å²) in [6.45, 7) is 4.41. The number of methoxy groups -OCH3 is 1. The van der Waals surface area contributed by atoms with E-state index in [4.69, 9.17) is 22.1 Å². The van der Waals surface area contributed by atoms with Gasteiger partial charge in [-0.1, -0.05) is 26.7 Å². The van der Waals surface area contributed by atoms with Gasteiger partial charge in [0.25, 0.3) is 5.91 Å². The van der Waals surface area contributed by atoms with Crippen LogP contribution in [0.25, 0.3) is 0 Å². The average Bonchev–Trinajstić information content (AvgIpc) is 2.62. The molecule has 0 unspecified atom stereocenters. The van der Waals surface area contributed by atoms with Gasteiger partial charge in [0.2, 0.25) is 10.0 Å². The first kappa shape index (κ1) is 21.4. The summed E-state index contributed by atoms with van der Waals surface area (Å²) < 4.78 is 28.1. The van der Waals surface area contributed by atoms with Crippen LogP contribution in [0.1, 0.15) is 43.5 Å². The number of primary sulfonamides is 1. The van der Waals surface area contributed by atoms with Gasteiger partial charge in [0.15, 0.2) is 5.11 Å². The van der Waals surface area contributed by atoms with Gasteiger partial charge in [-0.15, -0.1) is 0 Å². The number of hydrogen-bond acceptors (Lipinski definition) is 5. The van der Waals surface area contributed by atoms with Gasteiger partial charge in [-0.3, -0.25) is 15.6 Å². The van der Waals surface area contributed by atoms with Crippen molar-refractivity contribution in [3.8, 4) is 5.75 Å². The SMILES string of the molecule is COc1ccc(S(N)(=O)=O)cc1C(=O)NNC(=S)N[C@@H]1CCC[C@@H](C)[C@H]1C. The highest BCUT2D eigenvalue weighted by atomic mass is 32.2. The summed E-state index contributed by atoms with van der Waals surface area (Å²) in [5.74, 6) is 0.710. The van der Waals surface area contributed by atoms with Crippen LogP contribution in [0.4, 0.5) is 0 Å². The van der Waals surface area contributed by atoms with Gasteiger partial charge in [-0.2, -0.15) is 0 Å². The Kier molecular flexibility index (Phi) is 7.01. The number of ether oxygens (including phenoxy) is 1. The van der Waals surface area contributed by atoms with Gasteiger partial charge in [-0.25, -0.2) is 13.6 Å². The molecule has 1 fully saturated rings. The van der Waals surface area contributed by atoms with Crippen molar-refractivity contribution < 1.29 is 17.9 Å². The standard InChI is InChI=1S/C17H26N4O4S2/c1-10-5-4-6-14(11(10)2)19-17(26)21-20-16(22)13-9-12(27(18,23)24)7-8-15(13)25-3/h7-11,14H,4-6H2,1-3H3,(H,20,22)(H2,18,23,24)(H2,19,21,26)/t10-,11-,14-/m1/s1. The quantitative estimate of drug-likeness (QED) is 0.432. The molecule has 1 saturated carbocycles. The molecule has 1 aliphatic rings. The van der Waals surface area contributed by atoms with Crippen LogP contribution in [0, 0.1) is 11.8 Å². The Morgan fingerprint density at radius 3 is 2.59 bits per heavy atom. The number of nitrogens with two attached hydrogens (primary N) is 1. The van der Waals surface area contributed by atoms with Crippen LogP contribution >= 0.6 is 12.2 Å². The fourth-order valence-electron chi connectivity index (χ4n) is 3.21. The maximum Gasteiger partial charge on any atom is 0.273 e. The van der Waals surface area contributed by atoms with Gasteiger partial charge >= 0.3 is 0 Å². The number of amides is 1. The lowest BCUT2D eigenvalue weighted by atomic mass is 9.78.